The minimum atomic E-state index is -3.22. The van der Waals surface area contributed by atoms with Crippen molar-refractivity contribution in [2.75, 3.05) is 18.0 Å². The highest BCUT2D eigenvalue weighted by molar-refractivity contribution is 7.92. The maximum Gasteiger partial charge on any atom is 0.229 e. The summed E-state index contributed by atoms with van der Waals surface area (Å²) >= 11 is 4.94. The number of benzene rings is 1. The van der Waals surface area contributed by atoms with E-state index in [1.54, 1.807) is 19.2 Å². The zero-order valence-electron chi connectivity index (χ0n) is 9.65. The maximum absolute atomic E-state index is 11.0. The Bertz CT molecular complexity index is 483. The molecule has 3 N–H and O–H groups in total. The Morgan fingerprint density at radius 2 is 1.88 bits per heavy atom. The van der Waals surface area contributed by atoms with Crippen LogP contribution in [0, 0.1) is 0 Å². The van der Waals surface area contributed by atoms with Gasteiger partial charge in [-0.1, -0.05) is 12.1 Å². The van der Waals surface area contributed by atoms with Crippen LogP contribution in [0.15, 0.2) is 24.3 Å². The number of hydrogen-bond acceptors (Lipinski definition) is 3. The summed E-state index contributed by atoms with van der Waals surface area (Å²) in [6.07, 6.45) is 1.12. The lowest BCUT2D eigenvalue weighted by Crippen LogP contribution is -2.31. The Kier molecular flexibility index (Phi) is 4.71. The van der Waals surface area contributed by atoms with Crippen LogP contribution < -0.4 is 15.4 Å². The Morgan fingerprint density at radius 3 is 2.35 bits per heavy atom. The molecule has 0 spiro atoms. The molecule has 0 fully saturated rings. The van der Waals surface area contributed by atoms with Crippen LogP contribution in [0.1, 0.15) is 5.56 Å². The lowest BCUT2D eigenvalue weighted by atomic mass is 10.2. The first-order chi connectivity index (χ1) is 7.90. The molecule has 0 aliphatic heterocycles. The summed E-state index contributed by atoms with van der Waals surface area (Å²) in [6.45, 7) is 0.596. The first-order valence-electron chi connectivity index (χ1n) is 4.93. The summed E-state index contributed by atoms with van der Waals surface area (Å²) in [4.78, 5) is 0. The summed E-state index contributed by atoms with van der Waals surface area (Å²) in [7, 11) is -1.47. The van der Waals surface area contributed by atoms with Crippen molar-refractivity contribution in [1.29, 1.82) is 0 Å². The van der Waals surface area contributed by atoms with Crippen LogP contribution in [-0.2, 0) is 16.6 Å². The highest BCUT2D eigenvalue weighted by atomic mass is 32.2. The van der Waals surface area contributed by atoms with E-state index in [1.165, 1.54) is 0 Å². The van der Waals surface area contributed by atoms with Crippen molar-refractivity contribution in [2.45, 2.75) is 6.54 Å². The molecule has 1 rings (SSSR count). The molecule has 5 nitrogen and oxygen atoms in total. The largest absolute Gasteiger partial charge is 0.366 e. The van der Waals surface area contributed by atoms with Gasteiger partial charge < -0.3 is 10.6 Å². The molecule has 0 atom stereocenters. The standard InChI is InChI=1S/C10H15N3O2S2/c1-11-10(16)12-7-8-3-5-9(6-4-8)13-17(2,14)15/h3-6,13H,7H2,1-2H3,(H2,11,12,16). The second kappa shape index (κ2) is 5.83. The summed E-state index contributed by atoms with van der Waals surface area (Å²) in [5.41, 5.74) is 1.56. The topological polar surface area (TPSA) is 70.2 Å². The Morgan fingerprint density at radius 1 is 1.29 bits per heavy atom. The van der Waals surface area contributed by atoms with Crippen LogP contribution in [0.25, 0.3) is 0 Å². The lowest BCUT2D eigenvalue weighted by Gasteiger charge is -2.08. The molecule has 0 bridgehead atoms. The average molecular weight is 273 g/mol. The van der Waals surface area contributed by atoms with Crippen LogP contribution in [0.3, 0.4) is 0 Å². The average Bonchev–Trinajstić information content (AvgIpc) is 2.25. The molecule has 7 heteroatoms. The molecule has 17 heavy (non-hydrogen) atoms. The van der Waals surface area contributed by atoms with Gasteiger partial charge in [-0.2, -0.15) is 0 Å². The van der Waals surface area contributed by atoms with Gasteiger partial charge in [0.15, 0.2) is 5.11 Å². The molecular weight excluding hydrogens is 258 g/mol. The highest BCUT2D eigenvalue weighted by Crippen LogP contribution is 2.10. The Labute approximate surface area is 107 Å². The molecule has 0 saturated carbocycles. The molecule has 0 radical (unpaired) electrons. The SMILES string of the molecule is CNC(=S)NCc1ccc(NS(C)(=O)=O)cc1. The minimum Gasteiger partial charge on any atom is -0.366 e. The number of nitrogens with one attached hydrogen (secondary N) is 3. The van der Waals surface area contributed by atoms with Crippen molar-refractivity contribution in [3.8, 4) is 0 Å². The molecule has 0 saturated heterocycles. The Hall–Kier alpha value is -1.34. The normalized spacial score (nSPS) is 10.7. The monoisotopic (exact) mass is 273 g/mol. The molecule has 1 aromatic rings. The van der Waals surface area contributed by atoms with E-state index >= 15 is 0 Å². The fourth-order valence-corrected chi connectivity index (χ4v) is 1.81. The number of anilines is 1. The van der Waals surface area contributed by atoms with E-state index in [0.29, 0.717) is 17.3 Å². The van der Waals surface area contributed by atoms with Gasteiger partial charge in [-0.3, -0.25) is 4.72 Å². The van der Waals surface area contributed by atoms with Crippen LogP contribution in [0.5, 0.6) is 0 Å². The van der Waals surface area contributed by atoms with Crippen molar-refractivity contribution in [3.63, 3.8) is 0 Å². The van der Waals surface area contributed by atoms with Crippen molar-refractivity contribution < 1.29 is 8.42 Å². The Balaban J connectivity index is 2.59. The molecule has 0 aromatic heterocycles. The van der Waals surface area contributed by atoms with Gasteiger partial charge in [-0.15, -0.1) is 0 Å². The molecule has 1 aromatic carbocycles. The minimum absolute atomic E-state index is 0.549. The van der Waals surface area contributed by atoms with Gasteiger partial charge in [0.2, 0.25) is 10.0 Å². The van der Waals surface area contributed by atoms with Crippen molar-refractivity contribution in [1.82, 2.24) is 10.6 Å². The first-order valence-corrected chi connectivity index (χ1v) is 7.23. The zero-order chi connectivity index (χ0) is 12.9. The number of rotatable bonds is 4. The lowest BCUT2D eigenvalue weighted by molar-refractivity contribution is 0.607. The van der Waals surface area contributed by atoms with Gasteiger partial charge >= 0.3 is 0 Å². The maximum atomic E-state index is 11.0. The van der Waals surface area contributed by atoms with E-state index in [2.05, 4.69) is 15.4 Å². The molecule has 0 amide bonds. The number of sulfonamides is 1. The molecule has 0 unspecified atom stereocenters. The quantitative estimate of drug-likeness (QED) is 0.703. The highest BCUT2D eigenvalue weighted by Gasteiger charge is 2.01. The van der Waals surface area contributed by atoms with Crippen LogP contribution in [0.4, 0.5) is 5.69 Å². The smallest absolute Gasteiger partial charge is 0.229 e. The zero-order valence-corrected chi connectivity index (χ0v) is 11.3. The second-order valence-electron chi connectivity index (χ2n) is 3.50. The summed E-state index contributed by atoms with van der Waals surface area (Å²) in [6, 6.07) is 7.08. The summed E-state index contributed by atoms with van der Waals surface area (Å²) in [5, 5.41) is 6.38. The van der Waals surface area contributed by atoms with Crippen molar-refractivity contribution in [3.05, 3.63) is 29.8 Å². The first kappa shape index (κ1) is 13.7. The summed E-state index contributed by atoms with van der Waals surface area (Å²) < 4.78 is 24.4. The van der Waals surface area contributed by atoms with E-state index in [4.69, 9.17) is 12.2 Å². The third kappa shape index (κ3) is 5.50. The molecular formula is C10H15N3O2S2. The summed E-state index contributed by atoms with van der Waals surface area (Å²) in [5.74, 6) is 0. The predicted molar refractivity (Wildman–Crippen MR) is 73.4 cm³/mol. The fraction of sp³-hybridized carbons (Fsp3) is 0.300. The van der Waals surface area contributed by atoms with Crippen LogP contribution in [-0.4, -0.2) is 26.8 Å². The van der Waals surface area contributed by atoms with Gasteiger partial charge in [0, 0.05) is 19.3 Å². The molecule has 0 aliphatic carbocycles. The second-order valence-corrected chi connectivity index (χ2v) is 5.66. The van der Waals surface area contributed by atoms with Crippen LogP contribution >= 0.6 is 12.2 Å². The van der Waals surface area contributed by atoms with E-state index in [9.17, 15) is 8.42 Å². The van der Waals surface area contributed by atoms with E-state index < -0.39 is 10.0 Å². The predicted octanol–water partition coefficient (Wildman–Crippen LogP) is 0.652. The van der Waals surface area contributed by atoms with Gasteiger partial charge in [0.25, 0.3) is 0 Å². The van der Waals surface area contributed by atoms with Gasteiger partial charge in [0.05, 0.1) is 6.26 Å². The molecule has 0 aliphatic rings. The van der Waals surface area contributed by atoms with Crippen LogP contribution in [0.2, 0.25) is 0 Å². The van der Waals surface area contributed by atoms with Gasteiger partial charge in [-0.05, 0) is 29.9 Å². The number of hydrogen-bond donors (Lipinski definition) is 3. The van der Waals surface area contributed by atoms with Crippen molar-refractivity contribution >= 4 is 33.0 Å². The number of thiocarbonyl (C=S) groups is 1. The molecule has 0 heterocycles. The van der Waals surface area contributed by atoms with Gasteiger partial charge in [0.1, 0.15) is 0 Å². The third-order valence-electron chi connectivity index (χ3n) is 1.94. The van der Waals surface area contributed by atoms with E-state index in [1.807, 2.05) is 12.1 Å². The molecule has 94 valence electrons. The van der Waals surface area contributed by atoms with Gasteiger partial charge in [-0.25, -0.2) is 8.42 Å². The van der Waals surface area contributed by atoms with E-state index in [0.717, 1.165) is 11.8 Å². The third-order valence-corrected chi connectivity index (χ3v) is 2.89. The van der Waals surface area contributed by atoms with Crippen molar-refractivity contribution in [2.24, 2.45) is 0 Å². The van der Waals surface area contributed by atoms with E-state index in [-0.39, 0.29) is 0 Å². The fourth-order valence-electron chi connectivity index (χ4n) is 1.18.